The molecule has 0 bridgehead atoms. The third kappa shape index (κ3) is 4.16. The quantitative estimate of drug-likeness (QED) is 0.657. The van der Waals surface area contributed by atoms with Crippen LogP contribution in [0.2, 0.25) is 0 Å². The van der Waals surface area contributed by atoms with Crippen molar-refractivity contribution in [3.63, 3.8) is 0 Å². The van der Waals surface area contributed by atoms with Crippen LogP contribution >= 0.6 is 0 Å². The van der Waals surface area contributed by atoms with Gasteiger partial charge in [0.25, 0.3) is 11.8 Å². The average molecular weight is 372 g/mol. The van der Waals surface area contributed by atoms with Gasteiger partial charge in [-0.25, -0.2) is 0 Å². The van der Waals surface area contributed by atoms with Crippen LogP contribution in [-0.2, 0) is 14.3 Å². The molecule has 2 amide bonds. The number of likely N-dealkylation sites (tertiary alicyclic amines) is 1. The molecule has 146 valence electrons. The zero-order chi connectivity index (χ0) is 19.2. The van der Waals surface area contributed by atoms with E-state index < -0.39 is 0 Å². The van der Waals surface area contributed by atoms with Crippen molar-refractivity contribution in [2.75, 3.05) is 40.0 Å². The lowest BCUT2D eigenvalue weighted by Crippen LogP contribution is -2.38. The highest BCUT2D eigenvalue weighted by Gasteiger charge is 2.41. The minimum atomic E-state index is -0.236. The van der Waals surface area contributed by atoms with Crippen molar-refractivity contribution >= 4 is 17.4 Å². The van der Waals surface area contributed by atoms with Crippen molar-refractivity contribution in [1.29, 1.82) is 0 Å². The lowest BCUT2D eigenvalue weighted by atomic mass is 10.0. The Kier molecular flexibility index (Phi) is 6.50. The highest BCUT2D eigenvalue weighted by molar-refractivity contribution is 6.35. The highest BCUT2D eigenvalue weighted by atomic mass is 16.5. The first-order valence-electron chi connectivity index (χ1n) is 9.75. The summed E-state index contributed by atoms with van der Waals surface area (Å²) in [7, 11) is 1.57. The Morgan fingerprint density at radius 2 is 1.67 bits per heavy atom. The highest BCUT2D eigenvalue weighted by Crippen LogP contribution is 2.33. The number of methoxy groups -OCH3 is 1. The molecule has 0 atom stereocenters. The van der Waals surface area contributed by atoms with E-state index in [4.69, 9.17) is 9.47 Å². The van der Waals surface area contributed by atoms with E-state index in [1.807, 2.05) is 24.3 Å². The summed E-state index contributed by atoms with van der Waals surface area (Å²) >= 11 is 0. The molecule has 3 rings (SSSR count). The maximum Gasteiger partial charge on any atom is 0.277 e. The monoisotopic (exact) mass is 372 g/mol. The zero-order valence-electron chi connectivity index (χ0n) is 16.2. The summed E-state index contributed by atoms with van der Waals surface area (Å²) in [5.74, 6) is 0.328. The second-order valence-electron chi connectivity index (χ2n) is 6.90. The Morgan fingerprint density at radius 3 is 2.30 bits per heavy atom. The van der Waals surface area contributed by atoms with E-state index >= 15 is 0 Å². The molecule has 1 aromatic carbocycles. The van der Waals surface area contributed by atoms with E-state index in [-0.39, 0.29) is 18.4 Å². The standard InChI is InChI=1S/C21H28N2O4/c1-3-14-27-17-9-7-16(8-10-17)18-19(22-11-5-4-6-12-22)21(25)23(20(18)24)13-15-26-2/h7-10H,3-6,11-15H2,1-2H3. The van der Waals surface area contributed by atoms with Gasteiger partial charge in [-0.15, -0.1) is 0 Å². The number of imide groups is 1. The van der Waals surface area contributed by atoms with Crippen molar-refractivity contribution in [2.24, 2.45) is 0 Å². The molecule has 1 aromatic rings. The maximum atomic E-state index is 13.1. The number of hydrogen-bond acceptors (Lipinski definition) is 5. The molecular weight excluding hydrogens is 344 g/mol. The summed E-state index contributed by atoms with van der Waals surface area (Å²) in [6.07, 6.45) is 4.19. The topological polar surface area (TPSA) is 59.1 Å². The Labute approximate surface area is 160 Å². The van der Waals surface area contributed by atoms with Crippen molar-refractivity contribution in [2.45, 2.75) is 32.6 Å². The molecule has 1 saturated heterocycles. The Balaban J connectivity index is 1.93. The summed E-state index contributed by atoms with van der Waals surface area (Å²) in [5, 5.41) is 0. The normalized spacial score (nSPS) is 17.9. The molecule has 6 nitrogen and oxygen atoms in total. The molecule has 2 heterocycles. The molecule has 6 heteroatoms. The summed E-state index contributed by atoms with van der Waals surface area (Å²) in [4.78, 5) is 29.5. The van der Waals surface area contributed by atoms with Gasteiger partial charge in [0.15, 0.2) is 0 Å². The van der Waals surface area contributed by atoms with Crippen LogP contribution in [0, 0.1) is 0 Å². The third-order valence-corrected chi connectivity index (χ3v) is 4.95. The maximum absolute atomic E-state index is 13.1. The van der Waals surface area contributed by atoms with Crippen molar-refractivity contribution in [1.82, 2.24) is 9.80 Å². The van der Waals surface area contributed by atoms with E-state index in [1.165, 1.54) is 4.90 Å². The molecule has 0 radical (unpaired) electrons. The second-order valence-corrected chi connectivity index (χ2v) is 6.90. The summed E-state index contributed by atoms with van der Waals surface area (Å²) < 4.78 is 10.7. The number of nitrogens with zero attached hydrogens (tertiary/aromatic N) is 2. The van der Waals surface area contributed by atoms with E-state index in [9.17, 15) is 9.59 Å². The first kappa shape index (κ1) is 19.4. The number of hydrogen-bond donors (Lipinski definition) is 0. The van der Waals surface area contributed by atoms with Gasteiger partial charge in [-0.05, 0) is 43.4 Å². The Morgan fingerprint density at radius 1 is 0.963 bits per heavy atom. The van der Waals surface area contributed by atoms with Crippen LogP contribution in [0.25, 0.3) is 5.57 Å². The van der Waals surface area contributed by atoms with E-state index in [1.54, 1.807) is 7.11 Å². The Bertz CT molecular complexity index is 705. The van der Waals surface area contributed by atoms with Crippen LogP contribution in [0.1, 0.15) is 38.2 Å². The van der Waals surface area contributed by atoms with Crippen LogP contribution in [0.15, 0.2) is 30.0 Å². The van der Waals surface area contributed by atoms with Crippen molar-refractivity contribution < 1.29 is 19.1 Å². The number of piperidine rings is 1. The fraction of sp³-hybridized carbons (Fsp3) is 0.524. The first-order chi connectivity index (χ1) is 13.2. The molecule has 0 saturated carbocycles. The van der Waals surface area contributed by atoms with E-state index in [0.29, 0.717) is 24.5 Å². The molecular formula is C21H28N2O4. The molecule has 0 spiro atoms. The van der Waals surface area contributed by atoms with Gasteiger partial charge in [-0.3, -0.25) is 14.5 Å². The number of carbonyl (C=O) groups is 2. The minimum absolute atomic E-state index is 0.208. The number of carbonyl (C=O) groups excluding carboxylic acids is 2. The predicted molar refractivity (Wildman–Crippen MR) is 103 cm³/mol. The first-order valence-corrected chi connectivity index (χ1v) is 9.75. The fourth-order valence-electron chi connectivity index (χ4n) is 3.56. The number of amides is 2. The molecule has 2 aliphatic rings. The lowest BCUT2D eigenvalue weighted by Gasteiger charge is -2.29. The van der Waals surface area contributed by atoms with Crippen LogP contribution in [0.3, 0.4) is 0 Å². The molecule has 0 N–H and O–H groups in total. The van der Waals surface area contributed by atoms with Crippen LogP contribution in [-0.4, -0.2) is 61.6 Å². The Hall–Kier alpha value is -2.34. The molecule has 1 fully saturated rings. The molecule has 0 aromatic heterocycles. The van der Waals surface area contributed by atoms with Crippen molar-refractivity contribution in [3.05, 3.63) is 35.5 Å². The minimum Gasteiger partial charge on any atom is -0.494 e. The number of rotatable bonds is 8. The predicted octanol–water partition coefficient (Wildman–Crippen LogP) is 2.69. The third-order valence-electron chi connectivity index (χ3n) is 4.95. The SMILES string of the molecule is CCCOc1ccc(C2=C(N3CCCCC3)C(=O)N(CCOC)C2=O)cc1. The second kappa shape index (κ2) is 9.04. The van der Waals surface area contributed by atoms with Crippen LogP contribution in [0.4, 0.5) is 0 Å². The van der Waals surface area contributed by atoms with Gasteiger partial charge in [-0.1, -0.05) is 19.1 Å². The van der Waals surface area contributed by atoms with Gasteiger partial charge >= 0.3 is 0 Å². The molecule has 0 unspecified atom stereocenters. The molecule has 0 aliphatic carbocycles. The summed E-state index contributed by atoms with van der Waals surface area (Å²) in [5.41, 5.74) is 1.80. The lowest BCUT2D eigenvalue weighted by molar-refractivity contribution is -0.138. The van der Waals surface area contributed by atoms with E-state index in [0.717, 1.165) is 50.1 Å². The molecule has 27 heavy (non-hydrogen) atoms. The van der Waals surface area contributed by atoms with Gasteiger partial charge < -0.3 is 14.4 Å². The average Bonchev–Trinajstić information content (AvgIpc) is 2.96. The summed E-state index contributed by atoms with van der Waals surface area (Å²) in [6.45, 7) is 4.95. The number of benzene rings is 1. The van der Waals surface area contributed by atoms with Gasteiger partial charge in [0.05, 0.1) is 25.3 Å². The van der Waals surface area contributed by atoms with Crippen molar-refractivity contribution in [3.8, 4) is 5.75 Å². The van der Waals surface area contributed by atoms with Gasteiger partial charge in [0, 0.05) is 20.2 Å². The van der Waals surface area contributed by atoms with Crippen LogP contribution in [0.5, 0.6) is 5.75 Å². The van der Waals surface area contributed by atoms with Gasteiger partial charge in [0.2, 0.25) is 0 Å². The van der Waals surface area contributed by atoms with Gasteiger partial charge in [-0.2, -0.15) is 0 Å². The fourth-order valence-corrected chi connectivity index (χ4v) is 3.56. The van der Waals surface area contributed by atoms with Gasteiger partial charge in [0.1, 0.15) is 11.4 Å². The largest absolute Gasteiger partial charge is 0.494 e. The number of ether oxygens (including phenoxy) is 2. The summed E-state index contributed by atoms with van der Waals surface area (Å²) in [6, 6.07) is 7.47. The smallest absolute Gasteiger partial charge is 0.277 e. The van der Waals surface area contributed by atoms with Crippen LogP contribution < -0.4 is 4.74 Å². The zero-order valence-corrected chi connectivity index (χ0v) is 16.2. The van der Waals surface area contributed by atoms with E-state index in [2.05, 4.69) is 11.8 Å². The molecule has 2 aliphatic heterocycles.